The van der Waals surface area contributed by atoms with Gasteiger partial charge in [0.15, 0.2) is 11.5 Å². The molecule has 21 heavy (non-hydrogen) atoms. The van der Waals surface area contributed by atoms with Gasteiger partial charge >= 0.3 is 0 Å². The van der Waals surface area contributed by atoms with E-state index in [0.717, 1.165) is 19.5 Å². The molecule has 2 atom stereocenters. The lowest BCUT2D eigenvalue weighted by molar-refractivity contribution is -0.140. The van der Waals surface area contributed by atoms with Crippen LogP contribution in [0.3, 0.4) is 0 Å². The third-order valence-electron chi connectivity index (χ3n) is 4.07. The van der Waals surface area contributed by atoms with E-state index in [0.29, 0.717) is 17.5 Å². The second-order valence-electron chi connectivity index (χ2n) is 5.73. The van der Waals surface area contributed by atoms with Gasteiger partial charge in [-0.25, -0.2) is 0 Å². The number of benzene rings is 1. The monoisotopic (exact) mass is 290 g/mol. The number of nitrogens with zero attached hydrogens (tertiary/aromatic N) is 1. The van der Waals surface area contributed by atoms with Crippen molar-refractivity contribution in [1.82, 2.24) is 10.2 Å². The van der Waals surface area contributed by atoms with Crippen molar-refractivity contribution in [3.05, 3.63) is 24.3 Å². The van der Waals surface area contributed by atoms with Gasteiger partial charge in [-0.1, -0.05) is 18.6 Å². The molecule has 1 amide bonds. The Hall–Kier alpha value is -1.75. The Morgan fingerprint density at radius 3 is 2.90 bits per heavy atom. The minimum Gasteiger partial charge on any atom is -0.485 e. The van der Waals surface area contributed by atoms with Crippen molar-refractivity contribution in [3.63, 3.8) is 0 Å². The number of hydrogen-bond acceptors (Lipinski definition) is 4. The first-order valence-electron chi connectivity index (χ1n) is 7.61. The summed E-state index contributed by atoms with van der Waals surface area (Å²) in [5.74, 6) is 1.33. The number of carbonyl (C=O) groups is 1. The Morgan fingerprint density at radius 2 is 2.14 bits per heavy atom. The zero-order valence-corrected chi connectivity index (χ0v) is 12.4. The number of hydrogen-bond donors (Lipinski definition) is 1. The van der Waals surface area contributed by atoms with Crippen LogP contribution in [-0.4, -0.2) is 49.7 Å². The SMILES string of the molecule is CN(C[C@H]1CCCCN1)C(=O)[C@@H]1COc2ccccc2O1. The molecule has 2 aliphatic rings. The van der Waals surface area contributed by atoms with Crippen LogP contribution in [-0.2, 0) is 4.79 Å². The summed E-state index contributed by atoms with van der Waals surface area (Å²) >= 11 is 0. The maximum atomic E-state index is 12.5. The van der Waals surface area contributed by atoms with Gasteiger partial charge in [-0.2, -0.15) is 0 Å². The molecule has 0 spiro atoms. The van der Waals surface area contributed by atoms with Crippen molar-refractivity contribution in [1.29, 1.82) is 0 Å². The van der Waals surface area contributed by atoms with Crippen LogP contribution in [0.25, 0.3) is 0 Å². The summed E-state index contributed by atoms with van der Waals surface area (Å²) in [7, 11) is 1.84. The number of para-hydroxylation sites is 2. The molecule has 1 aromatic carbocycles. The average molecular weight is 290 g/mol. The van der Waals surface area contributed by atoms with E-state index in [9.17, 15) is 4.79 Å². The van der Waals surface area contributed by atoms with Crippen LogP contribution in [0.15, 0.2) is 24.3 Å². The third kappa shape index (κ3) is 3.29. The van der Waals surface area contributed by atoms with Gasteiger partial charge in [0.1, 0.15) is 6.61 Å². The third-order valence-corrected chi connectivity index (χ3v) is 4.07. The lowest BCUT2D eigenvalue weighted by Crippen LogP contribution is -2.50. The van der Waals surface area contributed by atoms with Crippen molar-refractivity contribution < 1.29 is 14.3 Å². The Morgan fingerprint density at radius 1 is 1.33 bits per heavy atom. The highest BCUT2D eigenvalue weighted by atomic mass is 16.6. The number of ether oxygens (including phenoxy) is 2. The van der Waals surface area contributed by atoms with E-state index in [-0.39, 0.29) is 12.5 Å². The molecular formula is C16H22N2O3. The first-order valence-corrected chi connectivity index (χ1v) is 7.61. The zero-order chi connectivity index (χ0) is 14.7. The smallest absolute Gasteiger partial charge is 0.267 e. The van der Waals surface area contributed by atoms with E-state index >= 15 is 0 Å². The second kappa shape index (κ2) is 6.35. The normalized spacial score (nSPS) is 24.4. The fraction of sp³-hybridized carbons (Fsp3) is 0.562. The zero-order valence-electron chi connectivity index (χ0n) is 12.4. The van der Waals surface area contributed by atoms with Crippen molar-refractivity contribution in [2.45, 2.75) is 31.4 Å². The molecular weight excluding hydrogens is 268 g/mol. The quantitative estimate of drug-likeness (QED) is 0.915. The maximum absolute atomic E-state index is 12.5. The Labute approximate surface area is 125 Å². The van der Waals surface area contributed by atoms with E-state index in [1.807, 2.05) is 31.3 Å². The van der Waals surface area contributed by atoms with Gasteiger partial charge in [0.05, 0.1) is 0 Å². The molecule has 0 radical (unpaired) electrons. The largest absolute Gasteiger partial charge is 0.485 e. The number of piperidine rings is 1. The highest BCUT2D eigenvalue weighted by Gasteiger charge is 2.30. The first-order chi connectivity index (χ1) is 10.2. The minimum atomic E-state index is -0.548. The van der Waals surface area contributed by atoms with Crippen molar-refractivity contribution in [3.8, 4) is 11.5 Å². The van der Waals surface area contributed by atoms with Gasteiger partial charge in [-0.05, 0) is 31.5 Å². The van der Waals surface area contributed by atoms with Gasteiger partial charge in [0.25, 0.3) is 5.91 Å². The molecule has 1 fully saturated rings. The molecule has 1 N–H and O–H groups in total. The van der Waals surface area contributed by atoms with Gasteiger partial charge in [0, 0.05) is 19.6 Å². The van der Waals surface area contributed by atoms with Gasteiger partial charge in [-0.15, -0.1) is 0 Å². The summed E-state index contributed by atoms with van der Waals surface area (Å²) in [5.41, 5.74) is 0. The number of nitrogens with one attached hydrogen (secondary N) is 1. The molecule has 5 heteroatoms. The van der Waals surface area contributed by atoms with E-state index < -0.39 is 6.10 Å². The van der Waals surface area contributed by atoms with E-state index in [2.05, 4.69) is 5.32 Å². The van der Waals surface area contributed by atoms with Crippen LogP contribution in [0.4, 0.5) is 0 Å². The molecule has 2 aliphatic heterocycles. The summed E-state index contributed by atoms with van der Waals surface area (Å²) < 4.78 is 11.4. The number of rotatable bonds is 3. The molecule has 0 saturated carbocycles. The molecule has 2 heterocycles. The van der Waals surface area contributed by atoms with Crippen LogP contribution in [0.5, 0.6) is 11.5 Å². The number of likely N-dealkylation sites (N-methyl/N-ethyl adjacent to an activating group) is 1. The van der Waals surface area contributed by atoms with Crippen LogP contribution in [0, 0.1) is 0 Å². The highest BCUT2D eigenvalue weighted by molar-refractivity contribution is 5.81. The summed E-state index contributed by atoms with van der Waals surface area (Å²) in [6.07, 6.45) is 3.04. The molecule has 1 saturated heterocycles. The van der Waals surface area contributed by atoms with Gasteiger partial charge in [0.2, 0.25) is 6.10 Å². The fourth-order valence-electron chi connectivity index (χ4n) is 2.89. The topological polar surface area (TPSA) is 50.8 Å². The summed E-state index contributed by atoms with van der Waals surface area (Å²) in [6.45, 7) is 2.04. The average Bonchev–Trinajstić information content (AvgIpc) is 2.54. The molecule has 0 aliphatic carbocycles. The highest BCUT2D eigenvalue weighted by Crippen LogP contribution is 2.31. The summed E-state index contributed by atoms with van der Waals surface area (Å²) in [6, 6.07) is 7.85. The van der Waals surface area contributed by atoms with Crippen LogP contribution in [0.2, 0.25) is 0 Å². The molecule has 114 valence electrons. The molecule has 5 nitrogen and oxygen atoms in total. The number of carbonyl (C=O) groups excluding carboxylic acids is 1. The van der Waals surface area contributed by atoms with Gasteiger partial charge < -0.3 is 19.7 Å². The first kappa shape index (κ1) is 14.2. The van der Waals surface area contributed by atoms with E-state index in [1.165, 1.54) is 12.8 Å². The molecule has 0 bridgehead atoms. The van der Waals surface area contributed by atoms with Crippen molar-refractivity contribution >= 4 is 5.91 Å². The van der Waals surface area contributed by atoms with Crippen LogP contribution >= 0.6 is 0 Å². The Bertz CT molecular complexity index is 500. The maximum Gasteiger partial charge on any atom is 0.267 e. The lowest BCUT2D eigenvalue weighted by Gasteiger charge is -2.32. The van der Waals surface area contributed by atoms with Gasteiger partial charge in [-0.3, -0.25) is 4.79 Å². The van der Waals surface area contributed by atoms with Crippen molar-refractivity contribution in [2.24, 2.45) is 0 Å². The lowest BCUT2D eigenvalue weighted by atomic mass is 10.0. The van der Waals surface area contributed by atoms with E-state index in [4.69, 9.17) is 9.47 Å². The standard InChI is InChI=1S/C16H22N2O3/c1-18(10-12-6-4-5-9-17-12)16(19)15-11-20-13-7-2-3-8-14(13)21-15/h2-3,7-8,12,15,17H,4-6,9-11H2,1H3/t12-,15+/m1/s1. The second-order valence-corrected chi connectivity index (χ2v) is 5.73. The summed E-state index contributed by atoms with van der Waals surface area (Å²) in [4.78, 5) is 14.2. The fourth-order valence-corrected chi connectivity index (χ4v) is 2.89. The molecule has 3 rings (SSSR count). The predicted molar refractivity (Wildman–Crippen MR) is 79.6 cm³/mol. The summed E-state index contributed by atoms with van der Waals surface area (Å²) in [5, 5.41) is 3.46. The number of amides is 1. The van der Waals surface area contributed by atoms with Crippen LogP contribution in [0.1, 0.15) is 19.3 Å². The Balaban J connectivity index is 1.58. The van der Waals surface area contributed by atoms with Crippen LogP contribution < -0.4 is 14.8 Å². The molecule has 1 aromatic rings. The minimum absolute atomic E-state index is 0.0168. The van der Waals surface area contributed by atoms with Crippen molar-refractivity contribution in [2.75, 3.05) is 26.7 Å². The Kier molecular flexibility index (Phi) is 4.29. The van der Waals surface area contributed by atoms with E-state index in [1.54, 1.807) is 4.90 Å². The number of fused-ring (bicyclic) bond motifs is 1. The predicted octanol–water partition coefficient (Wildman–Crippen LogP) is 1.43. The molecule has 0 unspecified atom stereocenters. The molecule has 0 aromatic heterocycles.